The van der Waals surface area contributed by atoms with Crippen LogP contribution in [0.25, 0.3) is 0 Å². The van der Waals surface area contributed by atoms with Crippen molar-refractivity contribution >= 4 is 27.7 Å². The molecule has 0 spiro atoms. The molecule has 6 nitrogen and oxygen atoms in total. The molecule has 0 aromatic carbocycles. The summed E-state index contributed by atoms with van der Waals surface area (Å²) < 4.78 is 41.5. The Bertz CT molecular complexity index is 747. The molecule has 2 heterocycles. The van der Waals surface area contributed by atoms with Crippen LogP contribution in [0.15, 0.2) is 16.7 Å². The molecule has 1 fully saturated rings. The van der Waals surface area contributed by atoms with E-state index in [1.165, 1.54) is 4.68 Å². The Morgan fingerprint density at radius 3 is 2.65 bits per heavy atom. The molecule has 3 rings (SSSR count). The van der Waals surface area contributed by atoms with E-state index < -0.39 is 17.8 Å². The molecule has 1 saturated carbocycles. The van der Waals surface area contributed by atoms with E-state index in [2.05, 4.69) is 31.4 Å². The van der Waals surface area contributed by atoms with Gasteiger partial charge in [-0.05, 0) is 28.8 Å². The fourth-order valence-electron chi connectivity index (χ4n) is 2.30. The van der Waals surface area contributed by atoms with Gasteiger partial charge in [-0.15, -0.1) is 0 Å². The van der Waals surface area contributed by atoms with Gasteiger partial charge in [0.2, 0.25) is 5.91 Å². The Labute approximate surface area is 137 Å². The van der Waals surface area contributed by atoms with Crippen molar-refractivity contribution in [3.8, 4) is 0 Å². The Balaban J connectivity index is 1.83. The second-order valence-corrected chi connectivity index (χ2v) is 6.19. The summed E-state index contributed by atoms with van der Waals surface area (Å²) in [6.45, 7) is -0.295. The number of aromatic nitrogens is 4. The fourth-order valence-corrected chi connectivity index (χ4v) is 3.13. The van der Waals surface area contributed by atoms with E-state index in [-0.39, 0.29) is 16.9 Å². The molecule has 0 radical (unpaired) electrons. The molecule has 1 N–H and O–H groups in total. The minimum absolute atomic E-state index is 0.00984. The predicted octanol–water partition coefficient (Wildman–Crippen LogP) is 2.91. The fraction of sp³-hybridized carbons (Fsp3) is 0.462. The number of alkyl halides is 3. The Kier molecular flexibility index (Phi) is 3.95. The summed E-state index contributed by atoms with van der Waals surface area (Å²) in [6.07, 6.45) is -1.32. The van der Waals surface area contributed by atoms with Crippen LogP contribution in [-0.2, 0) is 24.6 Å². The van der Waals surface area contributed by atoms with Crippen molar-refractivity contribution in [2.75, 3.05) is 5.32 Å². The summed E-state index contributed by atoms with van der Waals surface area (Å²) in [5, 5.41) is 10.1. The van der Waals surface area contributed by atoms with Crippen LogP contribution in [0.3, 0.4) is 0 Å². The largest absolute Gasteiger partial charge is 0.436 e. The first kappa shape index (κ1) is 16.0. The molecule has 1 aliphatic rings. The zero-order chi connectivity index (χ0) is 16.8. The summed E-state index contributed by atoms with van der Waals surface area (Å²) >= 11 is 2.99. The molecule has 2 aromatic heterocycles. The highest BCUT2D eigenvalue weighted by atomic mass is 79.9. The summed E-state index contributed by atoms with van der Waals surface area (Å²) in [5.41, 5.74) is -0.571. The van der Waals surface area contributed by atoms with E-state index >= 15 is 0 Å². The second kappa shape index (κ2) is 5.66. The molecule has 0 unspecified atom stereocenters. The van der Waals surface area contributed by atoms with E-state index in [1.54, 1.807) is 19.3 Å². The highest BCUT2D eigenvalue weighted by Gasteiger charge is 2.41. The average Bonchev–Trinajstić information content (AvgIpc) is 3.09. The molecule has 23 heavy (non-hydrogen) atoms. The van der Waals surface area contributed by atoms with Crippen molar-refractivity contribution in [2.45, 2.75) is 31.5 Å². The lowest BCUT2D eigenvalue weighted by atomic mass is 10.2. The highest BCUT2D eigenvalue weighted by molar-refractivity contribution is 9.10. The van der Waals surface area contributed by atoms with Crippen LogP contribution in [0.1, 0.15) is 30.1 Å². The van der Waals surface area contributed by atoms with E-state index in [0.29, 0.717) is 11.5 Å². The topological polar surface area (TPSA) is 64.7 Å². The molecule has 1 aliphatic carbocycles. The number of hydrogen-bond acceptors (Lipinski definition) is 3. The quantitative estimate of drug-likeness (QED) is 0.871. The normalized spacial score (nSPS) is 15.0. The number of aryl methyl sites for hydroxylation is 1. The molecule has 0 bridgehead atoms. The number of anilines is 1. The third-order valence-electron chi connectivity index (χ3n) is 3.44. The third-order valence-corrected chi connectivity index (χ3v) is 4.22. The lowest BCUT2D eigenvalue weighted by Crippen LogP contribution is -2.21. The lowest BCUT2D eigenvalue weighted by Gasteiger charge is -2.06. The van der Waals surface area contributed by atoms with Crippen molar-refractivity contribution in [3.63, 3.8) is 0 Å². The van der Waals surface area contributed by atoms with Crippen molar-refractivity contribution in [2.24, 2.45) is 7.05 Å². The Hall–Kier alpha value is -1.84. The summed E-state index contributed by atoms with van der Waals surface area (Å²) in [5.74, 6) is -0.127. The van der Waals surface area contributed by atoms with Gasteiger partial charge in [0, 0.05) is 25.2 Å². The molecule has 0 aliphatic heterocycles. The van der Waals surface area contributed by atoms with Gasteiger partial charge in [0.25, 0.3) is 0 Å². The number of carbonyl (C=O) groups excluding carboxylic acids is 1. The molecular formula is C13H13BrF3N5O. The van der Waals surface area contributed by atoms with Gasteiger partial charge in [-0.2, -0.15) is 23.4 Å². The zero-order valence-electron chi connectivity index (χ0n) is 12.1. The van der Waals surface area contributed by atoms with Crippen LogP contribution in [0.4, 0.5) is 19.0 Å². The Morgan fingerprint density at radius 2 is 2.13 bits per heavy atom. The lowest BCUT2D eigenvalue weighted by molar-refractivity contribution is -0.142. The van der Waals surface area contributed by atoms with E-state index in [0.717, 1.165) is 17.5 Å². The maximum Gasteiger partial charge on any atom is 0.436 e. The number of nitrogens with one attached hydrogen (secondary N) is 1. The second-order valence-electron chi connectivity index (χ2n) is 5.40. The molecule has 124 valence electrons. The zero-order valence-corrected chi connectivity index (χ0v) is 13.6. The minimum Gasteiger partial charge on any atom is -0.308 e. The highest BCUT2D eigenvalue weighted by Crippen LogP contribution is 2.46. The number of rotatable bonds is 4. The van der Waals surface area contributed by atoms with Crippen molar-refractivity contribution in [3.05, 3.63) is 28.1 Å². The summed E-state index contributed by atoms with van der Waals surface area (Å²) in [4.78, 5) is 12.0. The molecule has 2 aromatic rings. The van der Waals surface area contributed by atoms with Crippen molar-refractivity contribution in [1.29, 1.82) is 0 Å². The summed E-state index contributed by atoms with van der Waals surface area (Å²) in [7, 11) is 1.70. The van der Waals surface area contributed by atoms with Gasteiger partial charge in [0.05, 0.1) is 10.2 Å². The number of nitrogens with zero attached hydrogens (tertiary/aromatic N) is 4. The smallest absolute Gasteiger partial charge is 0.308 e. The van der Waals surface area contributed by atoms with Crippen LogP contribution >= 0.6 is 15.9 Å². The average molecular weight is 392 g/mol. The molecule has 0 saturated heterocycles. The number of halogens is 4. The van der Waals surface area contributed by atoms with Gasteiger partial charge in [-0.3, -0.25) is 14.2 Å². The van der Waals surface area contributed by atoms with Crippen LogP contribution < -0.4 is 5.32 Å². The van der Waals surface area contributed by atoms with Gasteiger partial charge in [0.1, 0.15) is 6.54 Å². The molecular weight excluding hydrogens is 379 g/mol. The van der Waals surface area contributed by atoms with Crippen LogP contribution in [0, 0.1) is 0 Å². The number of hydrogen-bond donors (Lipinski definition) is 1. The van der Waals surface area contributed by atoms with Crippen LogP contribution in [0.5, 0.6) is 0 Å². The third kappa shape index (κ3) is 3.41. The number of carbonyl (C=O) groups is 1. The van der Waals surface area contributed by atoms with Crippen LogP contribution in [-0.4, -0.2) is 25.5 Å². The van der Waals surface area contributed by atoms with Crippen molar-refractivity contribution < 1.29 is 18.0 Å². The van der Waals surface area contributed by atoms with Gasteiger partial charge in [0.15, 0.2) is 11.5 Å². The van der Waals surface area contributed by atoms with Gasteiger partial charge in [-0.25, -0.2) is 0 Å². The summed E-state index contributed by atoms with van der Waals surface area (Å²) in [6, 6.07) is 1.60. The number of amides is 1. The molecule has 0 atom stereocenters. The monoisotopic (exact) mass is 391 g/mol. The minimum atomic E-state index is -4.56. The van der Waals surface area contributed by atoms with E-state index in [9.17, 15) is 18.0 Å². The molecule has 10 heteroatoms. The first-order valence-electron chi connectivity index (χ1n) is 6.88. The van der Waals surface area contributed by atoms with Crippen LogP contribution in [0.2, 0.25) is 0 Å². The first-order chi connectivity index (χ1) is 10.8. The Morgan fingerprint density at radius 1 is 1.43 bits per heavy atom. The first-order valence-corrected chi connectivity index (χ1v) is 7.68. The van der Waals surface area contributed by atoms with E-state index in [4.69, 9.17) is 0 Å². The van der Waals surface area contributed by atoms with Gasteiger partial charge in [-0.1, -0.05) is 0 Å². The van der Waals surface area contributed by atoms with Crippen molar-refractivity contribution in [1.82, 2.24) is 19.6 Å². The standard InChI is InChI=1S/C13H13BrF3N5O/c1-21-5-4-8(19-21)18-9(23)6-22-11(7-2-3-7)10(14)12(20-22)13(15,16)17/h4-5,7H,2-3,6H2,1H3,(H,18,19,23). The maximum absolute atomic E-state index is 13.0. The van der Waals surface area contributed by atoms with E-state index in [1.807, 2.05) is 0 Å². The van der Waals surface area contributed by atoms with Gasteiger partial charge < -0.3 is 5.32 Å². The SMILES string of the molecule is Cn1ccc(NC(=O)Cn2nc(C(F)(F)F)c(Br)c2C2CC2)n1. The maximum atomic E-state index is 13.0. The predicted molar refractivity (Wildman–Crippen MR) is 78.7 cm³/mol. The van der Waals surface area contributed by atoms with Gasteiger partial charge >= 0.3 is 6.18 Å². The molecule has 1 amide bonds.